The lowest BCUT2D eigenvalue weighted by molar-refractivity contribution is -0.386. The third kappa shape index (κ3) is 4.94. The number of methoxy groups -OCH3 is 1. The van der Waals surface area contributed by atoms with E-state index in [4.69, 9.17) is 14.6 Å². The number of anilines is 1. The fourth-order valence-corrected chi connectivity index (χ4v) is 2.27. The number of carboxylic acid groups (broad SMARTS) is 1. The van der Waals surface area contributed by atoms with Crippen molar-refractivity contribution in [1.82, 2.24) is 0 Å². The third-order valence-corrected chi connectivity index (χ3v) is 3.38. The van der Waals surface area contributed by atoms with Crippen LogP contribution in [0.2, 0.25) is 0 Å². The van der Waals surface area contributed by atoms with Crippen LogP contribution in [-0.4, -0.2) is 35.4 Å². The molecule has 0 spiro atoms. The second-order valence-corrected chi connectivity index (χ2v) is 5.72. The molecule has 0 fully saturated rings. The number of hydrazone groups is 1. The minimum absolute atomic E-state index is 0.0406. The number of para-hydroxylation sites is 1. The molecule has 2 aromatic carbocycles. The highest BCUT2D eigenvalue weighted by Gasteiger charge is 2.23. The smallest absolute Gasteiger partial charge is 0.337 e. The number of hydrogen-bond acceptors (Lipinski definition) is 7. The normalized spacial score (nSPS) is 10.8. The summed E-state index contributed by atoms with van der Waals surface area (Å²) in [4.78, 5) is 22.0. The molecule has 0 atom stereocenters. The Bertz CT molecular complexity index is 879. The molecule has 0 amide bonds. The van der Waals surface area contributed by atoms with Crippen LogP contribution in [0.15, 0.2) is 41.5 Å². The van der Waals surface area contributed by atoms with E-state index in [1.165, 1.54) is 25.5 Å². The number of nitro groups is 1. The highest BCUT2D eigenvalue weighted by Crippen LogP contribution is 2.38. The lowest BCUT2D eigenvalue weighted by Gasteiger charge is -2.14. The van der Waals surface area contributed by atoms with Crippen molar-refractivity contribution in [2.24, 2.45) is 5.10 Å². The summed E-state index contributed by atoms with van der Waals surface area (Å²) < 4.78 is 10.7. The van der Waals surface area contributed by atoms with Crippen LogP contribution in [0.1, 0.15) is 29.8 Å². The maximum atomic E-state index is 11.4. The zero-order valence-electron chi connectivity index (χ0n) is 15.0. The van der Waals surface area contributed by atoms with Gasteiger partial charge in [0.2, 0.25) is 5.75 Å². The molecule has 142 valence electrons. The number of nitro benzene ring substituents is 1. The van der Waals surface area contributed by atoms with Gasteiger partial charge in [0.05, 0.1) is 35.6 Å². The highest BCUT2D eigenvalue weighted by atomic mass is 16.6. The first-order valence-electron chi connectivity index (χ1n) is 7.98. The number of hydrogen-bond donors (Lipinski definition) is 2. The van der Waals surface area contributed by atoms with Crippen LogP contribution in [0.25, 0.3) is 0 Å². The molecule has 2 N–H and O–H groups in total. The van der Waals surface area contributed by atoms with Gasteiger partial charge in [-0.2, -0.15) is 5.10 Å². The largest absolute Gasteiger partial charge is 0.493 e. The molecule has 0 saturated carbocycles. The molecule has 2 aromatic rings. The summed E-state index contributed by atoms with van der Waals surface area (Å²) in [6.07, 6.45) is 1.05. The molecule has 0 aromatic heterocycles. The SMILES string of the molecule is COc1cc(C=NNc2ccccc2C(=O)O)cc([N+](=O)[O-])c1OC(C)C. The van der Waals surface area contributed by atoms with Crippen molar-refractivity contribution in [3.63, 3.8) is 0 Å². The molecule has 0 aliphatic carbocycles. The van der Waals surface area contributed by atoms with Gasteiger partial charge in [-0.15, -0.1) is 0 Å². The van der Waals surface area contributed by atoms with Crippen molar-refractivity contribution in [2.45, 2.75) is 20.0 Å². The fraction of sp³-hybridized carbons (Fsp3) is 0.222. The number of aromatic carboxylic acids is 1. The van der Waals surface area contributed by atoms with E-state index in [1.54, 1.807) is 38.1 Å². The van der Waals surface area contributed by atoms with Gasteiger partial charge in [-0.3, -0.25) is 15.5 Å². The summed E-state index contributed by atoms with van der Waals surface area (Å²) in [5, 5.41) is 24.5. The van der Waals surface area contributed by atoms with Gasteiger partial charge >= 0.3 is 11.7 Å². The first-order chi connectivity index (χ1) is 12.8. The minimum atomic E-state index is -1.10. The van der Waals surface area contributed by atoms with E-state index in [9.17, 15) is 14.9 Å². The minimum Gasteiger partial charge on any atom is -0.493 e. The first kappa shape index (κ1) is 19.7. The van der Waals surface area contributed by atoms with E-state index in [2.05, 4.69) is 10.5 Å². The number of nitrogens with one attached hydrogen (secondary N) is 1. The molecular weight excluding hydrogens is 354 g/mol. The van der Waals surface area contributed by atoms with Gasteiger partial charge in [0.1, 0.15) is 0 Å². The van der Waals surface area contributed by atoms with Crippen molar-refractivity contribution in [2.75, 3.05) is 12.5 Å². The molecule has 0 aliphatic rings. The number of benzene rings is 2. The zero-order valence-corrected chi connectivity index (χ0v) is 15.0. The van der Waals surface area contributed by atoms with Gasteiger partial charge in [-0.1, -0.05) is 12.1 Å². The molecule has 0 saturated heterocycles. The summed E-state index contributed by atoms with van der Waals surface area (Å²) in [6.45, 7) is 3.50. The first-order valence-corrected chi connectivity index (χ1v) is 7.98. The molecule has 0 bridgehead atoms. The summed E-state index contributed by atoms with van der Waals surface area (Å²) >= 11 is 0. The van der Waals surface area contributed by atoms with Crippen LogP contribution in [0.4, 0.5) is 11.4 Å². The lowest BCUT2D eigenvalue weighted by atomic mass is 10.1. The molecule has 2 rings (SSSR count). The van der Waals surface area contributed by atoms with Gasteiger partial charge in [-0.25, -0.2) is 4.79 Å². The van der Waals surface area contributed by atoms with Gasteiger partial charge in [-0.05, 0) is 32.0 Å². The van der Waals surface area contributed by atoms with Crippen LogP contribution in [0, 0.1) is 10.1 Å². The van der Waals surface area contributed by atoms with Crippen LogP contribution < -0.4 is 14.9 Å². The Hall–Kier alpha value is -3.62. The molecule has 9 heteroatoms. The number of carbonyl (C=O) groups is 1. The number of carboxylic acids is 1. The molecule has 0 unspecified atom stereocenters. The monoisotopic (exact) mass is 373 g/mol. The van der Waals surface area contributed by atoms with Crippen molar-refractivity contribution < 1.29 is 24.3 Å². The zero-order chi connectivity index (χ0) is 20.0. The lowest BCUT2D eigenvalue weighted by Crippen LogP contribution is -2.09. The molecular formula is C18H19N3O6. The Labute approximate surface area is 155 Å². The van der Waals surface area contributed by atoms with Crippen molar-refractivity contribution in [3.8, 4) is 11.5 Å². The molecule has 0 radical (unpaired) electrons. The van der Waals surface area contributed by atoms with Crippen LogP contribution in [0.5, 0.6) is 11.5 Å². The summed E-state index contributed by atoms with van der Waals surface area (Å²) in [7, 11) is 1.38. The maximum Gasteiger partial charge on any atom is 0.337 e. The Morgan fingerprint density at radius 2 is 2.04 bits per heavy atom. The van der Waals surface area contributed by atoms with Gasteiger partial charge < -0.3 is 14.6 Å². The number of ether oxygens (including phenoxy) is 2. The fourth-order valence-electron chi connectivity index (χ4n) is 2.27. The topological polar surface area (TPSA) is 123 Å². The van der Waals surface area contributed by atoms with E-state index < -0.39 is 10.9 Å². The van der Waals surface area contributed by atoms with Gasteiger partial charge in [0.25, 0.3) is 0 Å². The van der Waals surface area contributed by atoms with Gasteiger partial charge in [0.15, 0.2) is 5.75 Å². The van der Waals surface area contributed by atoms with E-state index in [0.29, 0.717) is 11.3 Å². The number of nitrogens with zero attached hydrogens (tertiary/aromatic N) is 2. The van der Waals surface area contributed by atoms with E-state index >= 15 is 0 Å². The van der Waals surface area contributed by atoms with Crippen molar-refractivity contribution >= 4 is 23.6 Å². The van der Waals surface area contributed by atoms with E-state index in [1.807, 2.05) is 0 Å². The second kappa shape index (κ2) is 8.65. The summed E-state index contributed by atoms with van der Waals surface area (Å²) in [6, 6.07) is 9.10. The Morgan fingerprint density at radius 1 is 1.33 bits per heavy atom. The molecule has 0 aliphatic heterocycles. The maximum absolute atomic E-state index is 11.4. The summed E-state index contributed by atoms with van der Waals surface area (Å²) in [5.41, 5.74) is 3.10. The van der Waals surface area contributed by atoms with Crippen molar-refractivity contribution in [1.29, 1.82) is 0 Å². The third-order valence-electron chi connectivity index (χ3n) is 3.38. The second-order valence-electron chi connectivity index (χ2n) is 5.72. The Morgan fingerprint density at radius 3 is 2.63 bits per heavy atom. The molecule has 9 nitrogen and oxygen atoms in total. The average Bonchev–Trinajstić information content (AvgIpc) is 2.62. The van der Waals surface area contributed by atoms with Crippen molar-refractivity contribution in [3.05, 3.63) is 57.6 Å². The Kier molecular flexibility index (Phi) is 6.32. The van der Waals surface area contributed by atoms with Crippen LogP contribution in [0.3, 0.4) is 0 Å². The number of rotatable bonds is 8. The quantitative estimate of drug-likeness (QED) is 0.412. The standard InChI is InChI=1S/C18H19N3O6/c1-11(2)27-17-15(21(24)25)8-12(9-16(17)26-3)10-19-20-14-7-5-4-6-13(14)18(22)23/h4-11,20H,1-3H3,(H,22,23). The van der Waals surface area contributed by atoms with Gasteiger partial charge in [0, 0.05) is 11.6 Å². The van der Waals surface area contributed by atoms with E-state index in [-0.39, 0.29) is 28.9 Å². The predicted octanol–water partition coefficient (Wildman–Crippen LogP) is 3.53. The average molecular weight is 373 g/mol. The Balaban J connectivity index is 2.34. The summed E-state index contributed by atoms with van der Waals surface area (Å²) in [5.74, 6) is -0.857. The molecule has 27 heavy (non-hydrogen) atoms. The van der Waals surface area contributed by atoms with Crippen LogP contribution >= 0.6 is 0 Å². The molecule has 0 heterocycles. The predicted molar refractivity (Wildman–Crippen MR) is 100 cm³/mol. The highest BCUT2D eigenvalue weighted by molar-refractivity contribution is 5.94. The van der Waals surface area contributed by atoms with Crippen LogP contribution in [-0.2, 0) is 0 Å². The van der Waals surface area contributed by atoms with E-state index in [0.717, 1.165) is 0 Å².